The Labute approximate surface area is 115 Å². The van der Waals surface area contributed by atoms with E-state index in [1.807, 2.05) is 14.0 Å². The third-order valence-electron chi connectivity index (χ3n) is 3.76. The molecule has 0 radical (unpaired) electrons. The van der Waals surface area contributed by atoms with Crippen LogP contribution in [0, 0.1) is 5.92 Å². The Balaban J connectivity index is 2.25. The largest absolute Gasteiger partial charge is 0.481 e. The van der Waals surface area contributed by atoms with E-state index in [0.29, 0.717) is 12.3 Å². The van der Waals surface area contributed by atoms with Gasteiger partial charge in [-0.3, -0.25) is 4.79 Å². The Hall–Kier alpha value is -1.26. The molecule has 1 atom stereocenters. The maximum atomic E-state index is 11.9. The van der Waals surface area contributed by atoms with Crippen LogP contribution in [0.4, 0.5) is 4.79 Å². The van der Waals surface area contributed by atoms with Crippen LogP contribution in [-0.2, 0) is 4.79 Å². The molecule has 0 aromatic carbocycles. The first-order valence-corrected chi connectivity index (χ1v) is 7.22. The summed E-state index contributed by atoms with van der Waals surface area (Å²) in [4.78, 5) is 24.1. The van der Waals surface area contributed by atoms with Gasteiger partial charge in [0, 0.05) is 26.1 Å². The van der Waals surface area contributed by atoms with Crippen molar-refractivity contribution in [1.29, 1.82) is 0 Å². The summed E-state index contributed by atoms with van der Waals surface area (Å²) >= 11 is 0. The van der Waals surface area contributed by atoms with E-state index in [0.717, 1.165) is 6.54 Å². The van der Waals surface area contributed by atoms with Crippen LogP contribution < -0.4 is 5.32 Å². The van der Waals surface area contributed by atoms with Crippen molar-refractivity contribution < 1.29 is 14.7 Å². The van der Waals surface area contributed by atoms with Crippen molar-refractivity contribution in [2.75, 3.05) is 13.6 Å². The molecule has 1 saturated carbocycles. The molecule has 1 fully saturated rings. The van der Waals surface area contributed by atoms with Crippen molar-refractivity contribution in [3.05, 3.63) is 0 Å². The number of carbonyl (C=O) groups excluding carboxylic acids is 1. The van der Waals surface area contributed by atoms with Gasteiger partial charge in [0.1, 0.15) is 0 Å². The maximum Gasteiger partial charge on any atom is 0.317 e. The van der Waals surface area contributed by atoms with Crippen molar-refractivity contribution in [2.24, 2.45) is 5.92 Å². The summed E-state index contributed by atoms with van der Waals surface area (Å²) in [5.74, 6) is -0.199. The van der Waals surface area contributed by atoms with Gasteiger partial charge in [-0.25, -0.2) is 4.79 Å². The van der Waals surface area contributed by atoms with Crippen LogP contribution in [-0.4, -0.2) is 41.6 Å². The average molecular weight is 270 g/mol. The molecule has 5 nitrogen and oxygen atoms in total. The quantitative estimate of drug-likeness (QED) is 0.779. The number of nitrogens with one attached hydrogen (secondary N) is 1. The number of carbonyl (C=O) groups is 2. The van der Waals surface area contributed by atoms with Gasteiger partial charge in [-0.15, -0.1) is 0 Å². The molecule has 2 amide bonds. The van der Waals surface area contributed by atoms with Crippen LogP contribution in [0.3, 0.4) is 0 Å². The number of rotatable bonds is 6. The molecule has 5 heteroatoms. The highest BCUT2D eigenvalue weighted by atomic mass is 16.4. The van der Waals surface area contributed by atoms with E-state index in [4.69, 9.17) is 5.11 Å². The van der Waals surface area contributed by atoms with Gasteiger partial charge in [-0.05, 0) is 32.1 Å². The third-order valence-corrected chi connectivity index (χ3v) is 3.76. The van der Waals surface area contributed by atoms with E-state index >= 15 is 0 Å². The zero-order valence-corrected chi connectivity index (χ0v) is 12.0. The first kappa shape index (κ1) is 15.8. The summed E-state index contributed by atoms with van der Waals surface area (Å²) in [5.41, 5.74) is 0. The molecular formula is C14H26N2O3. The normalized spacial score (nSPS) is 17.8. The van der Waals surface area contributed by atoms with Crippen molar-refractivity contribution in [2.45, 2.75) is 57.9 Å². The Bertz CT molecular complexity index is 301. The van der Waals surface area contributed by atoms with Gasteiger partial charge in [0.2, 0.25) is 0 Å². The van der Waals surface area contributed by atoms with E-state index in [9.17, 15) is 9.59 Å². The zero-order valence-electron chi connectivity index (χ0n) is 12.0. The van der Waals surface area contributed by atoms with E-state index in [2.05, 4.69) is 5.32 Å². The van der Waals surface area contributed by atoms with Crippen LogP contribution in [0.2, 0.25) is 0 Å². The Morgan fingerprint density at radius 1 is 1.32 bits per heavy atom. The molecule has 0 spiro atoms. The lowest BCUT2D eigenvalue weighted by molar-refractivity contribution is -0.137. The first-order chi connectivity index (χ1) is 8.99. The van der Waals surface area contributed by atoms with E-state index < -0.39 is 5.97 Å². The minimum atomic E-state index is -0.823. The molecule has 1 aliphatic carbocycles. The molecular weight excluding hydrogens is 244 g/mol. The standard InChI is InChI=1S/C14H26N2O3/c1-11(8-9-13(17)18)15-14(19)16(2)10-12-6-4-3-5-7-12/h11-12H,3-10H2,1-2H3,(H,15,19)(H,17,18). The molecule has 19 heavy (non-hydrogen) atoms. The number of carboxylic acids is 1. The Morgan fingerprint density at radius 3 is 2.53 bits per heavy atom. The number of nitrogens with zero attached hydrogens (tertiary/aromatic N) is 1. The van der Waals surface area contributed by atoms with Gasteiger partial charge in [0.15, 0.2) is 0 Å². The minimum absolute atomic E-state index is 0.0911. The van der Waals surface area contributed by atoms with Crippen molar-refractivity contribution in [3.8, 4) is 0 Å². The van der Waals surface area contributed by atoms with Gasteiger partial charge >= 0.3 is 12.0 Å². The second kappa shape index (κ2) is 8.02. The lowest BCUT2D eigenvalue weighted by atomic mass is 9.89. The summed E-state index contributed by atoms with van der Waals surface area (Å²) < 4.78 is 0. The van der Waals surface area contributed by atoms with Crippen molar-refractivity contribution in [1.82, 2.24) is 10.2 Å². The fraction of sp³-hybridized carbons (Fsp3) is 0.857. The van der Waals surface area contributed by atoms with Gasteiger partial charge in [0.05, 0.1) is 0 Å². The zero-order chi connectivity index (χ0) is 14.3. The second-order valence-electron chi connectivity index (χ2n) is 5.67. The summed E-state index contributed by atoms with van der Waals surface area (Å²) in [6.45, 7) is 2.65. The molecule has 1 rings (SSSR count). The van der Waals surface area contributed by atoms with E-state index in [1.54, 1.807) is 4.90 Å². The van der Waals surface area contributed by atoms with Gasteiger partial charge in [0.25, 0.3) is 0 Å². The predicted molar refractivity (Wildman–Crippen MR) is 74.1 cm³/mol. The number of hydrogen-bond acceptors (Lipinski definition) is 2. The predicted octanol–water partition coefficient (Wildman–Crippen LogP) is 2.46. The van der Waals surface area contributed by atoms with Crippen LogP contribution in [0.1, 0.15) is 51.9 Å². The fourth-order valence-electron chi connectivity index (χ4n) is 2.57. The number of urea groups is 1. The molecule has 110 valence electrons. The summed E-state index contributed by atoms with van der Waals surface area (Å²) in [6.07, 6.45) is 6.85. The highest BCUT2D eigenvalue weighted by Crippen LogP contribution is 2.24. The van der Waals surface area contributed by atoms with Crippen LogP contribution in [0.5, 0.6) is 0 Å². The number of hydrogen-bond donors (Lipinski definition) is 2. The molecule has 2 N–H and O–H groups in total. The number of amides is 2. The third kappa shape index (κ3) is 6.45. The van der Waals surface area contributed by atoms with Crippen LogP contribution in [0.25, 0.3) is 0 Å². The van der Waals surface area contributed by atoms with Crippen molar-refractivity contribution in [3.63, 3.8) is 0 Å². The fourth-order valence-corrected chi connectivity index (χ4v) is 2.57. The summed E-state index contributed by atoms with van der Waals surface area (Å²) in [7, 11) is 1.81. The molecule has 0 aromatic heterocycles. The molecule has 0 aliphatic heterocycles. The molecule has 1 aliphatic rings. The lowest BCUT2D eigenvalue weighted by Crippen LogP contribution is -2.44. The van der Waals surface area contributed by atoms with Gasteiger partial charge < -0.3 is 15.3 Å². The van der Waals surface area contributed by atoms with E-state index in [-0.39, 0.29) is 18.5 Å². The Kier molecular flexibility index (Phi) is 6.67. The number of carboxylic acid groups (broad SMARTS) is 1. The maximum absolute atomic E-state index is 11.9. The number of aliphatic carboxylic acids is 1. The second-order valence-corrected chi connectivity index (χ2v) is 5.67. The molecule has 1 unspecified atom stereocenters. The van der Waals surface area contributed by atoms with E-state index in [1.165, 1.54) is 32.1 Å². The van der Waals surface area contributed by atoms with Crippen LogP contribution >= 0.6 is 0 Å². The smallest absolute Gasteiger partial charge is 0.317 e. The highest BCUT2D eigenvalue weighted by molar-refractivity contribution is 5.74. The molecule has 0 bridgehead atoms. The van der Waals surface area contributed by atoms with Gasteiger partial charge in [-0.2, -0.15) is 0 Å². The Morgan fingerprint density at radius 2 is 1.95 bits per heavy atom. The minimum Gasteiger partial charge on any atom is -0.481 e. The lowest BCUT2D eigenvalue weighted by Gasteiger charge is -2.28. The van der Waals surface area contributed by atoms with Crippen LogP contribution in [0.15, 0.2) is 0 Å². The van der Waals surface area contributed by atoms with Crippen molar-refractivity contribution >= 4 is 12.0 Å². The first-order valence-electron chi connectivity index (χ1n) is 7.22. The SMILES string of the molecule is CC(CCC(=O)O)NC(=O)N(C)CC1CCCCC1. The highest BCUT2D eigenvalue weighted by Gasteiger charge is 2.19. The summed E-state index contributed by atoms with van der Waals surface area (Å²) in [5, 5.41) is 11.4. The summed E-state index contributed by atoms with van der Waals surface area (Å²) in [6, 6.07) is -0.194. The van der Waals surface area contributed by atoms with Gasteiger partial charge in [-0.1, -0.05) is 19.3 Å². The molecule has 0 aromatic rings. The monoisotopic (exact) mass is 270 g/mol. The average Bonchev–Trinajstić information content (AvgIpc) is 2.37. The molecule has 0 heterocycles. The topological polar surface area (TPSA) is 69.6 Å². The molecule has 0 saturated heterocycles.